The summed E-state index contributed by atoms with van der Waals surface area (Å²) in [7, 11) is 1.76. The summed E-state index contributed by atoms with van der Waals surface area (Å²) in [5.41, 5.74) is 10.6. The predicted molar refractivity (Wildman–Crippen MR) is 105 cm³/mol. The monoisotopic (exact) mass is 342 g/mol. The molecule has 0 aliphatic rings. The number of benzene rings is 3. The summed E-state index contributed by atoms with van der Waals surface area (Å²) in [5, 5.41) is 8.52. The highest BCUT2D eigenvalue weighted by Crippen LogP contribution is 2.23. The lowest BCUT2D eigenvalue weighted by Gasteiger charge is -2.11. The Bertz CT molecular complexity index is 1190. The van der Waals surface area contributed by atoms with E-state index in [4.69, 9.17) is 11.1 Å². The number of nitrogens with one attached hydrogen (secondary N) is 1. The van der Waals surface area contributed by atoms with E-state index in [1.54, 1.807) is 28.3 Å². The van der Waals surface area contributed by atoms with Crippen molar-refractivity contribution in [2.75, 3.05) is 5.73 Å². The molecule has 5 heteroatoms. The predicted octanol–water partition coefficient (Wildman–Crippen LogP) is 3.33. The van der Waals surface area contributed by atoms with Gasteiger partial charge in [-0.1, -0.05) is 42.5 Å². The summed E-state index contributed by atoms with van der Waals surface area (Å²) in [4.78, 5) is 12.8. The van der Waals surface area contributed by atoms with Crippen LogP contribution < -0.4 is 11.4 Å². The molecular formula is C21H18N4O. The van der Waals surface area contributed by atoms with Gasteiger partial charge in [-0.2, -0.15) is 0 Å². The first-order chi connectivity index (χ1) is 12.6. The number of para-hydroxylation sites is 2. The molecular weight excluding hydrogens is 324 g/mol. The molecule has 0 spiro atoms. The third-order valence-corrected chi connectivity index (χ3v) is 4.59. The molecule has 1 heterocycles. The molecule has 4 rings (SSSR count). The fraction of sp³-hybridized carbons (Fsp3) is 0.0476. The molecule has 5 nitrogen and oxygen atoms in total. The maximum Gasteiger partial charge on any atom is 0.333 e. The van der Waals surface area contributed by atoms with E-state index < -0.39 is 0 Å². The van der Waals surface area contributed by atoms with Gasteiger partial charge in [0.25, 0.3) is 0 Å². The summed E-state index contributed by atoms with van der Waals surface area (Å²) >= 11 is 0. The molecule has 0 fully saturated rings. The molecule has 0 radical (unpaired) electrons. The van der Waals surface area contributed by atoms with Crippen molar-refractivity contribution >= 4 is 22.4 Å². The highest BCUT2D eigenvalue weighted by molar-refractivity contribution is 6.14. The van der Waals surface area contributed by atoms with Gasteiger partial charge < -0.3 is 5.73 Å². The second-order valence-electron chi connectivity index (χ2n) is 6.18. The second kappa shape index (κ2) is 6.04. The molecule has 0 saturated heterocycles. The molecule has 0 bridgehead atoms. The van der Waals surface area contributed by atoms with E-state index in [9.17, 15) is 4.79 Å². The van der Waals surface area contributed by atoms with Gasteiger partial charge in [0.05, 0.1) is 22.4 Å². The molecule has 3 aromatic carbocycles. The maximum absolute atomic E-state index is 12.8. The number of imidazole rings is 1. The largest absolute Gasteiger partial charge is 0.398 e. The number of nitrogens with zero attached hydrogens (tertiary/aromatic N) is 2. The molecule has 0 aliphatic heterocycles. The van der Waals surface area contributed by atoms with E-state index in [1.807, 2.05) is 60.7 Å². The van der Waals surface area contributed by atoms with Crippen LogP contribution in [-0.4, -0.2) is 14.8 Å². The van der Waals surface area contributed by atoms with E-state index in [0.29, 0.717) is 22.6 Å². The second-order valence-corrected chi connectivity index (χ2v) is 6.18. The molecule has 0 atom stereocenters. The van der Waals surface area contributed by atoms with Crippen molar-refractivity contribution in [3.05, 3.63) is 94.4 Å². The average Bonchev–Trinajstić information content (AvgIpc) is 2.94. The lowest BCUT2D eigenvalue weighted by Crippen LogP contribution is -2.21. The minimum Gasteiger partial charge on any atom is -0.398 e. The van der Waals surface area contributed by atoms with Crippen LogP contribution in [0.4, 0.5) is 5.69 Å². The van der Waals surface area contributed by atoms with Crippen LogP contribution in [0.5, 0.6) is 0 Å². The summed E-state index contributed by atoms with van der Waals surface area (Å²) in [5.74, 6) is 0. The zero-order chi connectivity index (χ0) is 18.3. The minimum absolute atomic E-state index is 0.131. The quantitative estimate of drug-likeness (QED) is 0.442. The molecule has 0 unspecified atom stereocenters. The van der Waals surface area contributed by atoms with E-state index in [0.717, 1.165) is 16.6 Å². The van der Waals surface area contributed by atoms with Crippen molar-refractivity contribution in [1.29, 1.82) is 5.41 Å². The summed E-state index contributed by atoms with van der Waals surface area (Å²) in [6.45, 7) is 0. The number of hydrogen-bond donors (Lipinski definition) is 2. The average molecular weight is 342 g/mol. The topological polar surface area (TPSA) is 76.8 Å². The Balaban J connectivity index is 1.92. The Morgan fingerprint density at radius 1 is 0.923 bits per heavy atom. The van der Waals surface area contributed by atoms with Gasteiger partial charge in [0.1, 0.15) is 0 Å². The number of hydrogen-bond acceptors (Lipinski definition) is 3. The van der Waals surface area contributed by atoms with E-state index in [-0.39, 0.29) is 5.69 Å². The molecule has 1 aromatic heterocycles. The van der Waals surface area contributed by atoms with Crippen LogP contribution in [0.15, 0.2) is 77.6 Å². The number of aromatic nitrogens is 2. The lowest BCUT2D eigenvalue weighted by atomic mass is 10.0. The number of nitrogen functional groups attached to an aromatic ring is 1. The van der Waals surface area contributed by atoms with E-state index >= 15 is 0 Å². The standard InChI is InChI=1S/C21H18N4O/c1-24-18-9-5-6-10-19(18)25(21(24)26)15-11-12-17(22)16(13-15)20(23)14-7-3-2-4-8-14/h2-13,23H,22H2,1H3. The number of fused-ring (bicyclic) bond motifs is 1. The van der Waals surface area contributed by atoms with Crippen LogP contribution in [0.3, 0.4) is 0 Å². The highest BCUT2D eigenvalue weighted by Gasteiger charge is 2.15. The first-order valence-electron chi connectivity index (χ1n) is 8.28. The van der Waals surface area contributed by atoms with Crippen LogP contribution in [0.25, 0.3) is 16.7 Å². The smallest absolute Gasteiger partial charge is 0.333 e. The Kier molecular flexibility index (Phi) is 3.69. The zero-order valence-corrected chi connectivity index (χ0v) is 14.3. The van der Waals surface area contributed by atoms with Crippen molar-refractivity contribution in [2.45, 2.75) is 0 Å². The zero-order valence-electron chi connectivity index (χ0n) is 14.3. The Labute approximate surface area is 150 Å². The number of anilines is 1. The number of nitrogens with two attached hydrogens (primary N) is 1. The van der Waals surface area contributed by atoms with E-state index in [2.05, 4.69) is 0 Å². The Hall–Kier alpha value is -3.60. The van der Waals surface area contributed by atoms with Gasteiger partial charge in [0.2, 0.25) is 0 Å². The molecule has 0 aliphatic carbocycles. The van der Waals surface area contributed by atoms with E-state index in [1.165, 1.54) is 0 Å². The first kappa shape index (κ1) is 15.9. The number of aryl methyl sites for hydroxylation is 1. The minimum atomic E-state index is -0.131. The van der Waals surface area contributed by atoms with Crippen LogP contribution in [0.1, 0.15) is 11.1 Å². The van der Waals surface area contributed by atoms with Crippen LogP contribution in [0, 0.1) is 5.41 Å². The third kappa shape index (κ3) is 2.41. The van der Waals surface area contributed by atoms with Crippen molar-refractivity contribution in [2.24, 2.45) is 7.05 Å². The van der Waals surface area contributed by atoms with Crippen LogP contribution in [-0.2, 0) is 7.05 Å². The normalized spacial score (nSPS) is 11.0. The van der Waals surface area contributed by atoms with Gasteiger partial charge in [-0.15, -0.1) is 0 Å². The molecule has 0 amide bonds. The highest BCUT2D eigenvalue weighted by atomic mass is 16.1. The summed E-state index contributed by atoms with van der Waals surface area (Å²) < 4.78 is 3.27. The fourth-order valence-corrected chi connectivity index (χ4v) is 3.20. The number of rotatable bonds is 3. The Morgan fingerprint density at radius 2 is 1.58 bits per heavy atom. The van der Waals surface area contributed by atoms with Gasteiger partial charge in [-0.3, -0.25) is 14.5 Å². The fourth-order valence-electron chi connectivity index (χ4n) is 3.20. The van der Waals surface area contributed by atoms with Gasteiger partial charge in [0, 0.05) is 23.9 Å². The summed E-state index contributed by atoms with van der Waals surface area (Å²) in [6, 6.07) is 22.4. The summed E-state index contributed by atoms with van der Waals surface area (Å²) in [6.07, 6.45) is 0. The molecule has 128 valence electrons. The van der Waals surface area contributed by atoms with Crippen molar-refractivity contribution in [3.8, 4) is 5.69 Å². The molecule has 3 N–H and O–H groups in total. The Morgan fingerprint density at radius 3 is 2.31 bits per heavy atom. The van der Waals surface area contributed by atoms with Crippen molar-refractivity contribution < 1.29 is 0 Å². The maximum atomic E-state index is 12.8. The SMILES string of the molecule is Cn1c(=O)n(-c2ccc(N)c(C(=N)c3ccccc3)c2)c2ccccc21. The lowest BCUT2D eigenvalue weighted by molar-refractivity contribution is 0.846. The van der Waals surface area contributed by atoms with Crippen molar-refractivity contribution in [3.63, 3.8) is 0 Å². The van der Waals surface area contributed by atoms with Gasteiger partial charge in [0.15, 0.2) is 0 Å². The van der Waals surface area contributed by atoms with Crippen molar-refractivity contribution in [1.82, 2.24) is 9.13 Å². The first-order valence-corrected chi connectivity index (χ1v) is 8.28. The van der Waals surface area contributed by atoms with Gasteiger partial charge in [-0.05, 0) is 30.3 Å². The molecule has 26 heavy (non-hydrogen) atoms. The van der Waals surface area contributed by atoms with Gasteiger partial charge in [-0.25, -0.2) is 4.79 Å². The van der Waals surface area contributed by atoms with Gasteiger partial charge >= 0.3 is 5.69 Å². The molecule has 0 saturated carbocycles. The third-order valence-electron chi connectivity index (χ3n) is 4.59. The van der Waals surface area contributed by atoms with Crippen LogP contribution >= 0.6 is 0 Å². The van der Waals surface area contributed by atoms with Crippen LogP contribution in [0.2, 0.25) is 0 Å². The molecule has 4 aromatic rings.